The van der Waals surface area contributed by atoms with Gasteiger partial charge in [-0.05, 0) is 11.6 Å². The third-order valence-electron chi connectivity index (χ3n) is 2.59. The van der Waals surface area contributed by atoms with Crippen LogP contribution in [0.1, 0.15) is 5.56 Å². The molecule has 0 spiro atoms. The Morgan fingerprint density at radius 1 is 1.47 bits per heavy atom. The number of nitrogens with one attached hydrogen (secondary N) is 1. The molecule has 0 aliphatic heterocycles. The second-order valence-corrected chi connectivity index (χ2v) is 5.24. The van der Waals surface area contributed by atoms with Crippen molar-refractivity contribution in [1.82, 2.24) is 14.9 Å². The lowest BCUT2D eigenvalue weighted by molar-refractivity contribution is -0.118. The zero-order valence-electron chi connectivity index (χ0n) is 10.5. The Hall–Kier alpha value is -1.46. The normalized spacial score (nSPS) is 10.4. The molecular formula is C13H14ClN3OS. The first kappa shape index (κ1) is 14.0. The Kier molecular flexibility index (Phi) is 4.87. The quantitative estimate of drug-likeness (QED) is 0.862. The minimum atomic E-state index is -0.0164. The number of aromatic nitrogens is 2. The smallest absolute Gasteiger partial charge is 0.230 e. The Morgan fingerprint density at radius 3 is 3.00 bits per heavy atom. The molecule has 2 aromatic rings. The number of benzene rings is 1. The van der Waals surface area contributed by atoms with E-state index in [1.807, 2.05) is 35.0 Å². The van der Waals surface area contributed by atoms with Crippen LogP contribution < -0.4 is 5.32 Å². The van der Waals surface area contributed by atoms with Crippen molar-refractivity contribution < 1.29 is 4.79 Å². The van der Waals surface area contributed by atoms with Gasteiger partial charge in [0.2, 0.25) is 5.91 Å². The van der Waals surface area contributed by atoms with Gasteiger partial charge in [0.15, 0.2) is 5.16 Å². The van der Waals surface area contributed by atoms with Crippen LogP contribution in [0.15, 0.2) is 41.8 Å². The standard InChI is InChI=1S/C13H14ClN3OS/c1-15-12(18)9-19-13-16-6-7-17(13)8-10-4-2-3-5-11(10)14/h2-7H,8-9H2,1H3,(H,15,18). The summed E-state index contributed by atoms with van der Waals surface area (Å²) in [6.07, 6.45) is 3.61. The summed E-state index contributed by atoms with van der Waals surface area (Å²) in [5.41, 5.74) is 1.03. The fourth-order valence-corrected chi connectivity index (χ4v) is 2.60. The molecule has 1 aromatic heterocycles. The number of amides is 1. The van der Waals surface area contributed by atoms with Gasteiger partial charge in [0, 0.05) is 24.5 Å². The molecule has 1 amide bonds. The molecule has 6 heteroatoms. The van der Waals surface area contributed by atoms with Crippen molar-refractivity contribution in [3.05, 3.63) is 47.2 Å². The van der Waals surface area contributed by atoms with Crippen molar-refractivity contribution in [1.29, 1.82) is 0 Å². The highest BCUT2D eigenvalue weighted by Gasteiger charge is 2.08. The number of carbonyl (C=O) groups is 1. The van der Waals surface area contributed by atoms with E-state index in [0.717, 1.165) is 15.7 Å². The van der Waals surface area contributed by atoms with Gasteiger partial charge < -0.3 is 9.88 Å². The molecule has 2 rings (SSSR count). The predicted octanol–water partition coefficient (Wildman–Crippen LogP) is 2.42. The summed E-state index contributed by atoms with van der Waals surface area (Å²) in [4.78, 5) is 15.5. The van der Waals surface area contributed by atoms with Crippen molar-refractivity contribution in [2.75, 3.05) is 12.8 Å². The van der Waals surface area contributed by atoms with Gasteiger partial charge in [0.1, 0.15) is 0 Å². The molecule has 0 bridgehead atoms. The summed E-state index contributed by atoms with van der Waals surface area (Å²) in [6, 6.07) is 7.71. The van der Waals surface area contributed by atoms with Gasteiger partial charge in [0.05, 0.1) is 12.3 Å². The molecule has 0 saturated heterocycles. The molecule has 100 valence electrons. The molecule has 0 aliphatic carbocycles. The van der Waals surface area contributed by atoms with Crippen LogP contribution in [0, 0.1) is 0 Å². The van der Waals surface area contributed by atoms with Gasteiger partial charge in [-0.25, -0.2) is 4.98 Å². The van der Waals surface area contributed by atoms with Crippen LogP contribution in [0.4, 0.5) is 0 Å². The predicted molar refractivity (Wildman–Crippen MR) is 77.6 cm³/mol. The van der Waals surface area contributed by atoms with Crippen LogP contribution in [0.2, 0.25) is 5.02 Å². The fraction of sp³-hybridized carbons (Fsp3) is 0.231. The minimum absolute atomic E-state index is 0.0164. The summed E-state index contributed by atoms with van der Waals surface area (Å²) >= 11 is 7.55. The van der Waals surface area contributed by atoms with E-state index >= 15 is 0 Å². The topological polar surface area (TPSA) is 46.9 Å². The summed E-state index contributed by atoms with van der Waals surface area (Å²) in [6.45, 7) is 0.649. The Labute approximate surface area is 121 Å². The highest BCUT2D eigenvalue weighted by Crippen LogP contribution is 2.20. The summed E-state index contributed by atoms with van der Waals surface area (Å²) in [7, 11) is 1.62. The van der Waals surface area contributed by atoms with E-state index in [1.165, 1.54) is 11.8 Å². The number of carbonyl (C=O) groups excluding carboxylic acids is 1. The molecular weight excluding hydrogens is 282 g/mol. The highest BCUT2D eigenvalue weighted by molar-refractivity contribution is 7.99. The van der Waals surface area contributed by atoms with Crippen molar-refractivity contribution >= 4 is 29.3 Å². The van der Waals surface area contributed by atoms with Gasteiger partial charge in [-0.1, -0.05) is 41.6 Å². The Balaban J connectivity index is 2.08. The van der Waals surface area contributed by atoms with Crippen LogP contribution in [0.3, 0.4) is 0 Å². The average molecular weight is 296 g/mol. The maximum absolute atomic E-state index is 11.2. The van der Waals surface area contributed by atoms with Crippen LogP contribution in [0.5, 0.6) is 0 Å². The van der Waals surface area contributed by atoms with Gasteiger partial charge >= 0.3 is 0 Å². The van der Waals surface area contributed by atoms with Crippen LogP contribution in [-0.4, -0.2) is 28.3 Å². The molecule has 0 aliphatic rings. The van der Waals surface area contributed by atoms with E-state index in [2.05, 4.69) is 10.3 Å². The average Bonchev–Trinajstić information content (AvgIpc) is 2.86. The molecule has 1 aromatic carbocycles. The summed E-state index contributed by atoms with van der Waals surface area (Å²) in [5.74, 6) is 0.341. The summed E-state index contributed by atoms with van der Waals surface area (Å²) < 4.78 is 1.98. The zero-order chi connectivity index (χ0) is 13.7. The third kappa shape index (κ3) is 3.75. The Bertz CT molecular complexity index is 571. The van der Waals surface area contributed by atoms with E-state index in [1.54, 1.807) is 13.2 Å². The van der Waals surface area contributed by atoms with E-state index in [-0.39, 0.29) is 5.91 Å². The lowest BCUT2D eigenvalue weighted by Gasteiger charge is -2.08. The van der Waals surface area contributed by atoms with Gasteiger partial charge in [-0.2, -0.15) is 0 Å². The van der Waals surface area contributed by atoms with Gasteiger partial charge in [-0.15, -0.1) is 0 Å². The second-order valence-electron chi connectivity index (χ2n) is 3.89. The molecule has 0 saturated carbocycles. The van der Waals surface area contributed by atoms with Crippen LogP contribution >= 0.6 is 23.4 Å². The lowest BCUT2D eigenvalue weighted by atomic mass is 10.2. The maximum atomic E-state index is 11.2. The molecule has 1 heterocycles. The number of hydrogen-bond acceptors (Lipinski definition) is 3. The molecule has 0 atom stereocenters. The van der Waals surface area contributed by atoms with E-state index in [0.29, 0.717) is 12.3 Å². The first-order valence-corrected chi connectivity index (χ1v) is 7.15. The SMILES string of the molecule is CNC(=O)CSc1nccn1Cc1ccccc1Cl. The van der Waals surface area contributed by atoms with E-state index in [4.69, 9.17) is 11.6 Å². The molecule has 0 fully saturated rings. The number of rotatable bonds is 5. The van der Waals surface area contributed by atoms with Gasteiger partial charge in [0.25, 0.3) is 0 Å². The highest BCUT2D eigenvalue weighted by atomic mass is 35.5. The molecule has 0 unspecified atom stereocenters. The molecule has 1 N–H and O–H groups in total. The molecule has 4 nitrogen and oxygen atoms in total. The fourth-order valence-electron chi connectivity index (χ4n) is 1.57. The van der Waals surface area contributed by atoms with E-state index in [9.17, 15) is 4.79 Å². The summed E-state index contributed by atoms with van der Waals surface area (Å²) in [5, 5.41) is 4.13. The van der Waals surface area contributed by atoms with Gasteiger partial charge in [-0.3, -0.25) is 4.79 Å². The number of imidazole rings is 1. The maximum Gasteiger partial charge on any atom is 0.230 e. The zero-order valence-corrected chi connectivity index (χ0v) is 12.0. The van der Waals surface area contributed by atoms with Crippen LogP contribution in [-0.2, 0) is 11.3 Å². The van der Waals surface area contributed by atoms with Crippen molar-refractivity contribution in [2.45, 2.75) is 11.7 Å². The third-order valence-corrected chi connectivity index (χ3v) is 3.96. The lowest BCUT2D eigenvalue weighted by Crippen LogP contribution is -2.20. The number of thioether (sulfide) groups is 1. The molecule has 19 heavy (non-hydrogen) atoms. The molecule has 0 radical (unpaired) electrons. The Morgan fingerprint density at radius 2 is 2.26 bits per heavy atom. The number of halogens is 1. The first-order valence-electron chi connectivity index (χ1n) is 5.78. The van der Waals surface area contributed by atoms with Crippen LogP contribution in [0.25, 0.3) is 0 Å². The van der Waals surface area contributed by atoms with Crippen molar-refractivity contribution in [3.8, 4) is 0 Å². The number of hydrogen-bond donors (Lipinski definition) is 1. The minimum Gasteiger partial charge on any atom is -0.358 e. The van der Waals surface area contributed by atoms with Crippen molar-refractivity contribution in [3.63, 3.8) is 0 Å². The van der Waals surface area contributed by atoms with Crippen molar-refractivity contribution in [2.24, 2.45) is 0 Å². The monoisotopic (exact) mass is 295 g/mol. The second kappa shape index (κ2) is 6.63. The van der Waals surface area contributed by atoms with E-state index < -0.39 is 0 Å². The first-order chi connectivity index (χ1) is 9.20. The largest absolute Gasteiger partial charge is 0.358 e. The number of nitrogens with zero attached hydrogens (tertiary/aromatic N) is 2.